The maximum Gasteiger partial charge on any atom is 0.235 e. The molecule has 1 heterocycles. The maximum absolute atomic E-state index is 13.2. The van der Waals surface area contributed by atoms with Crippen molar-refractivity contribution in [3.8, 4) is 17.1 Å². The molecule has 0 aliphatic carbocycles. The van der Waals surface area contributed by atoms with Crippen LogP contribution in [0.5, 0.6) is 5.75 Å². The molecule has 1 aromatic heterocycles. The zero-order valence-electron chi connectivity index (χ0n) is 15.7. The fraction of sp³-hybridized carbons (Fsp3) is 0.125. The van der Waals surface area contributed by atoms with Gasteiger partial charge in [-0.25, -0.2) is 4.39 Å². The minimum absolute atomic E-state index is 0.140. The molecular formula is C24H19FO3. The molecule has 140 valence electrons. The molecule has 4 rings (SSSR count). The van der Waals surface area contributed by atoms with Crippen LogP contribution in [-0.2, 0) is 6.61 Å². The van der Waals surface area contributed by atoms with Gasteiger partial charge < -0.3 is 9.15 Å². The lowest BCUT2D eigenvalue weighted by atomic mass is 10.0. The van der Waals surface area contributed by atoms with Gasteiger partial charge >= 0.3 is 0 Å². The summed E-state index contributed by atoms with van der Waals surface area (Å²) in [6.07, 6.45) is 0. The van der Waals surface area contributed by atoms with Crippen LogP contribution in [0, 0.1) is 19.7 Å². The number of hydrogen-bond donors (Lipinski definition) is 0. The Morgan fingerprint density at radius 1 is 0.929 bits per heavy atom. The normalized spacial score (nSPS) is 11.0. The van der Waals surface area contributed by atoms with Gasteiger partial charge in [-0.3, -0.25) is 4.79 Å². The summed E-state index contributed by atoms with van der Waals surface area (Å²) in [6, 6.07) is 19.1. The van der Waals surface area contributed by atoms with Crippen molar-refractivity contribution in [2.75, 3.05) is 0 Å². The number of fused-ring (bicyclic) bond motifs is 1. The van der Waals surface area contributed by atoms with Gasteiger partial charge in [0.05, 0.1) is 5.39 Å². The molecule has 4 heteroatoms. The summed E-state index contributed by atoms with van der Waals surface area (Å²) < 4.78 is 25.2. The summed E-state index contributed by atoms with van der Waals surface area (Å²) >= 11 is 0. The second-order valence-electron chi connectivity index (χ2n) is 6.80. The van der Waals surface area contributed by atoms with E-state index in [1.165, 1.54) is 12.1 Å². The van der Waals surface area contributed by atoms with Crippen molar-refractivity contribution >= 4 is 11.0 Å². The third-order valence-electron chi connectivity index (χ3n) is 4.80. The third kappa shape index (κ3) is 3.41. The zero-order chi connectivity index (χ0) is 19.7. The standard InChI is InChI=1S/C24H19FO3/c1-15-12-20-21(13-16(15)2)28-23(18-6-4-3-5-7-18)24(22(20)26)27-14-17-8-10-19(25)11-9-17/h3-13H,14H2,1-2H3. The van der Waals surface area contributed by atoms with Crippen LogP contribution in [0.15, 0.2) is 75.9 Å². The molecule has 28 heavy (non-hydrogen) atoms. The van der Waals surface area contributed by atoms with E-state index in [0.717, 1.165) is 22.3 Å². The van der Waals surface area contributed by atoms with Crippen molar-refractivity contribution in [2.45, 2.75) is 20.5 Å². The van der Waals surface area contributed by atoms with Crippen LogP contribution < -0.4 is 10.2 Å². The van der Waals surface area contributed by atoms with E-state index in [1.54, 1.807) is 12.1 Å². The quantitative estimate of drug-likeness (QED) is 0.453. The van der Waals surface area contributed by atoms with Gasteiger partial charge in [0.15, 0.2) is 5.76 Å². The minimum atomic E-state index is -0.315. The Hall–Kier alpha value is -3.40. The number of halogens is 1. The third-order valence-corrected chi connectivity index (χ3v) is 4.80. The average molecular weight is 374 g/mol. The molecule has 0 saturated carbocycles. The van der Waals surface area contributed by atoms with Gasteiger partial charge in [-0.2, -0.15) is 0 Å². The molecule has 0 bridgehead atoms. The van der Waals surface area contributed by atoms with Crippen LogP contribution in [0.3, 0.4) is 0 Å². The summed E-state index contributed by atoms with van der Waals surface area (Å²) in [4.78, 5) is 13.2. The maximum atomic E-state index is 13.2. The molecular weight excluding hydrogens is 355 g/mol. The van der Waals surface area contributed by atoms with Gasteiger partial charge in [-0.1, -0.05) is 42.5 Å². The summed E-state index contributed by atoms with van der Waals surface area (Å²) in [5, 5.41) is 0.483. The largest absolute Gasteiger partial charge is 0.481 e. The highest BCUT2D eigenvalue weighted by Gasteiger charge is 2.18. The summed E-state index contributed by atoms with van der Waals surface area (Å²) in [7, 11) is 0. The Morgan fingerprint density at radius 2 is 1.61 bits per heavy atom. The van der Waals surface area contributed by atoms with Crippen molar-refractivity contribution in [3.63, 3.8) is 0 Å². The molecule has 0 amide bonds. The number of rotatable bonds is 4. The van der Waals surface area contributed by atoms with Crippen molar-refractivity contribution in [1.29, 1.82) is 0 Å². The first-order chi connectivity index (χ1) is 13.5. The minimum Gasteiger partial charge on any atom is -0.481 e. The molecule has 0 aliphatic heterocycles. The number of hydrogen-bond acceptors (Lipinski definition) is 3. The van der Waals surface area contributed by atoms with Crippen LogP contribution in [0.2, 0.25) is 0 Å². The van der Waals surface area contributed by atoms with Crippen LogP contribution in [0.25, 0.3) is 22.3 Å². The van der Waals surface area contributed by atoms with Crippen LogP contribution in [0.1, 0.15) is 16.7 Å². The molecule has 0 radical (unpaired) electrons. The highest BCUT2D eigenvalue weighted by molar-refractivity contribution is 5.83. The molecule has 0 aliphatic rings. The lowest BCUT2D eigenvalue weighted by Crippen LogP contribution is -2.10. The number of aryl methyl sites for hydroxylation is 2. The van der Waals surface area contributed by atoms with Crippen LogP contribution >= 0.6 is 0 Å². The molecule has 0 atom stereocenters. The lowest BCUT2D eigenvalue weighted by molar-refractivity contribution is 0.297. The van der Waals surface area contributed by atoms with Crippen molar-refractivity contribution in [2.24, 2.45) is 0 Å². The zero-order valence-corrected chi connectivity index (χ0v) is 15.7. The van der Waals surface area contributed by atoms with Crippen molar-refractivity contribution < 1.29 is 13.5 Å². The summed E-state index contributed by atoms with van der Waals surface area (Å²) in [6.45, 7) is 4.08. The lowest BCUT2D eigenvalue weighted by Gasteiger charge is -2.13. The van der Waals surface area contributed by atoms with Gasteiger partial charge in [-0.15, -0.1) is 0 Å². The molecule has 0 fully saturated rings. The number of ether oxygens (including phenoxy) is 1. The smallest absolute Gasteiger partial charge is 0.235 e. The Labute approximate surface area is 162 Å². The van der Waals surface area contributed by atoms with Gasteiger partial charge in [0, 0.05) is 5.56 Å². The molecule has 0 N–H and O–H groups in total. The second-order valence-corrected chi connectivity index (χ2v) is 6.80. The monoisotopic (exact) mass is 374 g/mol. The van der Waals surface area contributed by atoms with Gasteiger partial charge in [-0.05, 0) is 54.8 Å². The van der Waals surface area contributed by atoms with Gasteiger partial charge in [0.1, 0.15) is 18.0 Å². The Bertz CT molecular complexity index is 1190. The molecule has 0 spiro atoms. The molecule has 0 saturated heterocycles. The van der Waals surface area contributed by atoms with Gasteiger partial charge in [0.2, 0.25) is 11.2 Å². The van der Waals surface area contributed by atoms with Crippen molar-refractivity contribution in [3.05, 3.63) is 99.5 Å². The molecule has 4 aromatic rings. The highest BCUT2D eigenvalue weighted by atomic mass is 19.1. The van der Waals surface area contributed by atoms with E-state index < -0.39 is 0 Å². The average Bonchev–Trinajstić information content (AvgIpc) is 2.71. The summed E-state index contributed by atoms with van der Waals surface area (Å²) in [5.41, 5.74) is 3.90. The first kappa shape index (κ1) is 18.0. The van der Waals surface area contributed by atoms with Crippen LogP contribution in [0.4, 0.5) is 4.39 Å². The SMILES string of the molecule is Cc1cc2oc(-c3ccccc3)c(OCc3ccc(F)cc3)c(=O)c2cc1C. The van der Waals surface area contributed by atoms with E-state index in [9.17, 15) is 9.18 Å². The fourth-order valence-electron chi connectivity index (χ4n) is 3.08. The van der Waals surface area contributed by atoms with E-state index in [0.29, 0.717) is 16.7 Å². The Morgan fingerprint density at radius 3 is 2.32 bits per heavy atom. The predicted molar refractivity (Wildman–Crippen MR) is 108 cm³/mol. The predicted octanol–water partition coefficient (Wildman–Crippen LogP) is 5.79. The Balaban J connectivity index is 1.86. The van der Waals surface area contributed by atoms with E-state index in [2.05, 4.69) is 0 Å². The number of benzene rings is 3. The molecule has 3 aromatic carbocycles. The summed E-state index contributed by atoms with van der Waals surface area (Å²) in [5.74, 6) is 0.236. The second kappa shape index (κ2) is 7.31. The molecule has 3 nitrogen and oxygen atoms in total. The van der Waals surface area contributed by atoms with Gasteiger partial charge in [0.25, 0.3) is 0 Å². The highest BCUT2D eigenvalue weighted by Crippen LogP contribution is 2.32. The van der Waals surface area contributed by atoms with E-state index in [4.69, 9.17) is 9.15 Å². The van der Waals surface area contributed by atoms with E-state index in [1.807, 2.05) is 56.3 Å². The fourth-order valence-corrected chi connectivity index (χ4v) is 3.08. The van der Waals surface area contributed by atoms with Crippen molar-refractivity contribution in [1.82, 2.24) is 0 Å². The topological polar surface area (TPSA) is 39.4 Å². The van der Waals surface area contributed by atoms with Crippen LogP contribution in [-0.4, -0.2) is 0 Å². The molecule has 0 unspecified atom stereocenters. The van der Waals surface area contributed by atoms with E-state index >= 15 is 0 Å². The Kier molecular flexibility index (Phi) is 4.70. The first-order valence-electron chi connectivity index (χ1n) is 9.03. The first-order valence-corrected chi connectivity index (χ1v) is 9.03. The van der Waals surface area contributed by atoms with E-state index in [-0.39, 0.29) is 23.6 Å².